The van der Waals surface area contributed by atoms with E-state index in [1.54, 1.807) is 67.2 Å². The number of hydrogen-bond donors (Lipinski definition) is 0. The molecule has 0 amide bonds. The van der Waals surface area contributed by atoms with Gasteiger partial charge in [-0.15, -0.1) is 0 Å². The number of methoxy groups -OCH3 is 3. The van der Waals surface area contributed by atoms with Crippen molar-refractivity contribution in [2.45, 2.75) is 51.9 Å². The highest BCUT2D eigenvalue weighted by atomic mass is 16.6. The summed E-state index contributed by atoms with van der Waals surface area (Å²) in [5.41, 5.74) is 0.683. The molecule has 6 aromatic carbocycles. The van der Waals surface area contributed by atoms with E-state index in [0.29, 0.717) is 33.9 Å². The van der Waals surface area contributed by atoms with Crippen molar-refractivity contribution in [3.05, 3.63) is 126 Å². The molecule has 0 N–H and O–H groups in total. The first kappa shape index (κ1) is 50.7. The highest BCUT2D eigenvalue weighted by Gasteiger charge is 2.35. The number of esters is 6. The molecule has 0 radical (unpaired) electrons. The molecule has 0 saturated heterocycles. The van der Waals surface area contributed by atoms with Gasteiger partial charge < -0.3 is 42.6 Å². The second kappa shape index (κ2) is 23.4. The zero-order valence-electron chi connectivity index (χ0n) is 39.7. The molecule has 0 aromatic heterocycles. The van der Waals surface area contributed by atoms with Crippen LogP contribution in [0.3, 0.4) is 0 Å². The average Bonchev–Trinajstić information content (AvgIpc) is 3.38. The first-order valence-electron chi connectivity index (χ1n) is 22.3. The Morgan fingerprint density at radius 2 is 0.652 bits per heavy atom. The van der Waals surface area contributed by atoms with Gasteiger partial charge in [0.1, 0.15) is 37.1 Å². The third kappa shape index (κ3) is 13.3. The Bertz CT molecular complexity index is 2530. The van der Waals surface area contributed by atoms with Crippen molar-refractivity contribution < 1.29 is 71.4 Å². The highest BCUT2D eigenvalue weighted by molar-refractivity contribution is 5.90. The second-order valence-corrected chi connectivity index (χ2v) is 16.7. The maximum absolute atomic E-state index is 13.1. The van der Waals surface area contributed by atoms with Gasteiger partial charge in [0.2, 0.25) is 0 Å². The smallest absolute Gasteiger partial charge is 0.344 e. The number of hydrogen-bond acceptors (Lipinski definition) is 15. The van der Waals surface area contributed by atoms with Crippen molar-refractivity contribution in [3.63, 3.8) is 0 Å². The lowest BCUT2D eigenvalue weighted by Gasteiger charge is -2.31. The molecule has 15 nitrogen and oxygen atoms in total. The van der Waals surface area contributed by atoms with Gasteiger partial charge in [-0.2, -0.15) is 0 Å². The van der Waals surface area contributed by atoms with Crippen molar-refractivity contribution in [2.24, 2.45) is 5.41 Å². The Morgan fingerprint density at radius 1 is 0.391 bits per heavy atom. The number of rotatable bonds is 22. The zero-order valence-corrected chi connectivity index (χ0v) is 39.7. The number of carbonyl (C=O) groups is 6. The van der Waals surface area contributed by atoms with Gasteiger partial charge in [0.05, 0.1) is 44.5 Å². The fourth-order valence-electron chi connectivity index (χ4n) is 7.35. The van der Waals surface area contributed by atoms with E-state index >= 15 is 0 Å². The van der Waals surface area contributed by atoms with Crippen LogP contribution in [-0.2, 0) is 57.2 Å². The van der Waals surface area contributed by atoms with E-state index in [9.17, 15) is 28.8 Å². The summed E-state index contributed by atoms with van der Waals surface area (Å²) < 4.78 is 48.4. The molecule has 362 valence electrons. The molecule has 0 bridgehead atoms. The molecule has 0 aliphatic heterocycles. The highest BCUT2D eigenvalue weighted by Crippen LogP contribution is 2.30. The average molecular weight is 945 g/mol. The molecular weight excluding hydrogens is 889 g/mol. The number of benzene rings is 6. The summed E-state index contributed by atoms with van der Waals surface area (Å²) in [5.74, 6) is -4.82. The molecule has 15 heteroatoms. The SMILES string of the molecule is CCC(COC(=O)COC(=O)[C@@H](C)c1ccc2cc(OC)ccc2c1)(COC(=O)COC(=O)[C@H](C)c1ccc2cc(OC)ccc2c1)COC(=O)COC(=O)[C@H](C)c1ccc2cc(OC)ccc2c1. The Hall–Kier alpha value is -7.68. The van der Waals surface area contributed by atoms with E-state index in [-0.39, 0.29) is 6.42 Å². The lowest BCUT2D eigenvalue weighted by atomic mass is 9.88. The van der Waals surface area contributed by atoms with Crippen LogP contribution in [0, 0.1) is 5.41 Å². The molecule has 0 saturated carbocycles. The van der Waals surface area contributed by atoms with Gasteiger partial charge in [-0.25, -0.2) is 14.4 Å². The Labute approximate surface area is 399 Å². The number of carbonyl (C=O) groups excluding carboxylic acids is 6. The number of ether oxygens (including phenoxy) is 9. The van der Waals surface area contributed by atoms with Gasteiger partial charge >= 0.3 is 35.8 Å². The summed E-state index contributed by atoms with van der Waals surface area (Å²) in [5, 5.41) is 5.41. The van der Waals surface area contributed by atoms with Crippen molar-refractivity contribution in [1.82, 2.24) is 0 Å². The number of fused-ring (bicyclic) bond motifs is 3. The van der Waals surface area contributed by atoms with E-state index in [0.717, 1.165) is 32.3 Å². The Kier molecular flexibility index (Phi) is 17.2. The molecule has 0 fully saturated rings. The summed E-state index contributed by atoms with van der Waals surface area (Å²) in [7, 11) is 4.74. The van der Waals surface area contributed by atoms with E-state index < -0.39 is 98.6 Å². The van der Waals surface area contributed by atoms with Gasteiger partial charge in [0, 0.05) is 0 Å². The minimum Gasteiger partial charge on any atom is -0.497 e. The molecule has 0 spiro atoms. The lowest BCUT2D eigenvalue weighted by molar-refractivity contribution is -0.173. The summed E-state index contributed by atoms with van der Waals surface area (Å²) in [6, 6.07) is 33.2. The molecule has 0 aliphatic carbocycles. The van der Waals surface area contributed by atoms with Crippen LogP contribution in [0.15, 0.2) is 109 Å². The van der Waals surface area contributed by atoms with Gasteiger partial charge in [0.25, 0.3) is 0 Å². The van der Waals surface area contributed by atoms with Crippen LogP contribution in [0.1, 0.15) is 68.6 Å². The van der Waals surface area contributed by atoms with E-state index in [2.05, 4.69) is 0 Å². The molecule has 0 aliphatic rings. The van der Waals surface area contributed by atoms with Crippen molar-refractivity contribution in [2.75, 3.05) is 61.0 Å². The van der Waals surface area contributed by atoms with E-state index in [1.807, 2.05) is 91.0 Å². The predicted molar refractivity (Wildman–Crippen MR) is 255 cm³/mol. The quantitative estimate of drug-likeness (QED) is 0.0465. The van der Waals surface area contributed by atoms with Crippen LogP contribution in [0.4, 0.5) is 0 Å². The minimum absolute atomic E-state index is 0.140. The van der Waals surface area contributed by atoms with Gasteiger partial charge in [-0.3, -0.25) is 14.4 Å². The van der Waals surface area contributed by atoms with Gasteiger partial charge in [-0.1, -0.05) is 79.7 Å². The van der Waals surface area contributed by atoms with Crippen molar-refractivity contribution in [1.29, 1.82) is 0 Å². The third-order valence-corrected chi connectivity index (χ3v) is 12.1. The topological polar surface area (TPSA) is 185 Å². The maximum Gasteiger partial charge on any atom is 0.344 e. The van der Waals surface area contributed by atoms with Crippen LogP contribution in [0.25, 0.3) is 32.3 Å². The monoisotopic (exact) mass is 944 g/mol. The maximum atomic E-state index is 13.1. The first-order valence-corrected chi connectivity index (χ1v) is 22.3. The fraction of sp³-hybridized carbons (Fsp3) is 0.333. The molecule has 69 heavy (non-hydrogen) atoms. The van der Waals surface area contributed by atoms with Gasteiger partial charge in [-0.05, 0) is 113 Å². The Morgan fingerprint density at radius 3 is 0.913 bits per heavy atom. The van der Waals surface area contributed by atoms with E-state index in [4.69, 9.17) is 42.6 Å². The standard InChI is InChI=1S/C54H56O15/c1-8-54(30-67-48(55)27-64-51(58)33(2)36-9-12-42-24-45(61-5)18-15-39(42)21-36,31-68-49(56)28-65-52(59)34(3)37-10-13-43-25-46(62-6)19-16-40(43)22-37)32-69-50(57)29-66-53(60)35(4)38-11-14-44-26-47(63-7)20-17-41(44)23-38/h9-26,33-35H,8,27-32H2,1-7H3/t33-,34-,35+/m1/s1. The third-order valence-electron chi connectivity index (χ3n) is 12.1. The summed E-state index contributed by atoms with van der Waals surface area (Å²) in [6.07, 6.45) is 0.140. The lowest BCUT2D eigenvalue weighted by Crippen LogP contribution is -2.40. The largest absolute Gasteiger partial charge is 0.497 e. The van der Waals surface area contributed by atoms with Gasteiger partial charge in [0.15, 0.2) is 19.8 Å². The fourth-order valence-corrected chi connectivity index (χ4v) is 7.35. The first-order chi connectivity index (χ1) is 33.1. The molecule has 6 rings (SSSR count). The van der Waals surface area contributed by atoms with Crippen molar-refractivity contribution >= 4 is 68.1 Å². The Balaban J connectivity index is 1.05. The molecule has 0 unspecified atom stereocenters. The van der Waals surface area contributed by atoms with Crippen LogP contribution in [-0.4, -0.2) is 96.8 Å². The van der Waals surface area contributed by atoms with Crippen LogP contribution >= 0.6 is 0 Å². The summed E-state index contributed by atoms with van der Waals surface area (Å²) in [4.78, 5) is 78.3. The zero-order chi connectivity index (χ0) is 49.7. The van der Waals surface area contributed by atoms with Crippen LogP contribution in [0.2, 0.25) is 0 Å². The van der Waals surface area contributed by atoms with E-state index in [1.165, 1.54) is 0 Å². The molecule has 6 aromatic rings. The van der Waals surface area contributed by atoms with Crippen LogP contribution in [0.5, 0.6) is 17.2 Å². The normalized spacial score (nSPS) is 12.6. The van der Waals surface area contributed by atoms with Crippen molar-refractivity contribution in [3.8, 4) is 17.2 Å². The van der Waals surface area contributed by atoms with Crippen LogP contribution < -0.4 is 14.2 Å². The predicted octanol–water partition coefficient (Wildman–Crippen LogP) is 8.54. The molecular formula is C54H56O15. The summed E-state index contributed by atoms with van der Waals surface area (Å²) >= 11 is 0. The minimum atomic E-state index is -1.33. The molecule has 0 heterocycles. The summed E-state index contributed by atoms with van der Waals surface area (Å²) in [6.45, 7) is 3.13. The molecule has 3 atom stereocenters. The second-order valence-electron chi connectivity index (χ2n) is 16.7.